The molecular weight excluding hydrogens is 848 g/mol. The highest BCUT2D eigenvalue weighted by molar-refractivity contribution is 6.34. The van der Waals surface area contributed by atoms with Gasteiger partial charge in [-0.05, 0) is 78.5 Å². The summed E-state index contributed by atoms with van der Waals surface area (Å²) in [4.78, 5) is 76.0. The van der Waals surface area contributed by atoms with E-state index in [4.69, 9.17) is 42.5 Å². The maximum Gasteiger partial charge on any atom is 0.277 e. The Hall–Kier alpha value is -7.26. The number of amides is 5. The van der Waals surface area contributed by atoms with Crippen LogP contribution in [0.2, 0.25) is 5.02 Å². The number of nitrogens with one attached hydrogen (secondary N) is 3. The number of carbonyl (C=O) groups is 5. The molecule has 6 aromatic rings. The third-order valence-electron chi connectivity index (χ3n) is 10.3. The fourth-order valence-corrected chi connectivity index (χ4v) is 7.68. The number of hydrogen-bond donors (Lipinski definition) is 5. The first kappa shape index (κ1) is 44.8. The zero-order chi connectivity index (χ0) is 46.0. The van der Waals surface area contributed by atoms with Gasteiger partial charge >= 0.3 is 0 Å². The van der Waals surface area contributed by atoms with Crippen molar-refractivity contribution in [2.45, 2.75) is 59.8 Å². The van der Waals surface area contributed by atoms with E-state index >= 15 is 0 Å². The first-order valence-electron chi connectivity index (χ1n) is 20.5. The van der Waals surface area contributed by atoms with Crippen LogP contribution in [0, 0.1) is 13.8 Å². The van der Waals surface area contributed by atoms with E-state index in [9.17, 15) is 24.0 Å². The molecule has 2 aromatic carbocycles. The van der Waals surface area contributed by atoms with Gasteiger partial charge in [0.1, 0.15) is 40.5 Å². The largest absolute Gasteiger partial charge is 0.491 e. The number of rotatable bonds is 18. The van der Waals surface area contributed by atoms with Crippen molar-refractivity contribution in [1.29, 1.82) is 0 Å². The van der Waals surface area contributed by atoms with E-state index in [2.05, 4.69) is 26.1 Å². The second-order valence-electron chi connectivity index (χ2n) is 15.3. The van der Waals surface area contributed by atoms with E-state index < -0.39 is 29.7 Å². The molecule has 0 unspecified atom stereocenters. The summed E-state index contributed by atoms with van der Waals surface area (Å²) in [5.74, 6) is -1.65. The Labute approximate surface area is 371 Å². The van der Waals surface area contributed by atoms with Gasteiger partial charge in [0.05, 0.1) is 46.6 Å². The number of imidazole rings is 2. The number of halogens is 1. The Balaban J connectivity index is 1.27. The summed E-state index contributed by atoms with van der Waals surface area (Å²) in [5, 5.41) is 17.7. The highest BCUT2D eigenvalue weighted by atomic mass is 35.5. The number of nitrogens with two attached hydrogens (primary N) is 2. The molecule has 0 radical (unpaired) electrons. The lowest BCUT2D eigenvalue weighted by atomic mass is 10.1. The summed E-state index contributed by atoms with van der Waals surface area (Å²) in [6.07, 6.45) is 4.11. The number of carbonyl (C=O) groups excluding carboxylic acids is 5. The average molecular weight is 897 g/mol. The molecule has 21 nitrogen and oxygen atoms in total. The third-order valence-corrected chi connectivity index (χ3v) is 10.8. The number of aryl methyl sites for hydroxylation is 4. The molecule has 4 aromatic heterocycles. The second-order valence-corrected chi connectivity index (χ2v) is 15.7. The number of primary amides is 2. The number of nitrogens with zero attached hydrogens (tertiary/aromatic N) is 9. The van der Waals surface area contributed by atoms with E-state index in [1.165, 1.54) is 28.9 Å². The number of aromatic nitrogens is 8. The van der Waals surface area contributed by atoms with Crippen LogP contribution in [-0.4, -0.2) is 113 Å². The first-order valence-corrected chi connectivity index (χ1v) is 20.9. The Morgan fingerprint density at radius 3 is 2.27 bits per heavy atom. The molecule has 1 aliphatic heterocycles. The van der Waals surface area contributed by atoms with Crippen LogP contribution in [0.3, 0.4) is 0 Å². The van der Waals surface area contributed by atoms with Gasteiger partial charge in [0.15, 0.2) is 0 Å². The zero-order valence-corrected chi connectivity index (χ0v) is 36.9. The van der Waals surface area contributed by atoms with Crippen LogP contribution in [0.15, 0.2) is 42.5 Å². The topological polar surface area (TPSA) is 266 Å². The predicted octanol–water partition coefficient (Wildman–Crippen LogP) is 3.43. The molecule has 0 aliphatic carbocycles. The Morgan fingerprint density at radius 2 is 1.58 bits per heavy atom. The van der Waals surface area contributed by atoms with Gasteiger partial charge in [-0.15, -0.1) is 0 Å². The molecule has 0 saturated carbocycles. The van der Waals surface area contributed by atoms with Crippen molar-refractivity contribution >= 4 is 75.1 Å². The Bertz CT molecular complexity index is 2850. The smallest absolute Gasteiger partial charge is 0.277 e. The number of hydrogen-bond acceptors (Lipinski definition) is 12. The van der Waals surface area contributed by atoms with Crippen molar-refractivity contribution in [3.05, 3.63) is 81.4 Å². The molecule has 7 N–H and O–H groups in total. The van der Waals surface area contributed by atoms with Crippen molar-refractivity contribution < 1.29 is 33.4 Å². The molecular formula is C42H49ClN14O7. The summed E-state index contributed by atoms with van der Waals surface area (Å²) in [6.45, 7) is 8.92. The molecule has 5 amide bonds. The van der Waals surface area contributed by atoms with Crippen LogP contribution in [0.25, 0.3) is 22.1 Å². The van der Waals surface area contributed by atoms with Gasteiger partial charge in [-0.1, -0.05) is 23.8 Å². The van der Waals surface area contributed by atoms with Crippen LogP contribution in [0.5, 0.6) is 11.5 Å². The fraction of sp³-hybridized carbons (Fsp3) is 0.357. The lowest BCUT2D eigenvalue weighted by Crippen LogP contribution is -2.34. The van der Waals surface area contributed by atoms with Crippen molar-refractivity contribution in [1.82, 2.24) is 48.9 Å². The lowest BCUT2D eigenvalue weighted by molar-refractivity contribution is -0.121. The number of ether oxygens (including phenoxy) is 2. The zero-order valence-electron chi connectivity index (χ0n) is 36.2. The van der Waals surface area contributed by atoms with Crippen molar-refractivity contribution in [2.24, 2.45) is 11.5 Å². The molecule has 336 valence electrons. The van der Waals surface area contributed by atoms with Gasteiger partial charge in [-0.25, -0.2) is 9.97 Å². The van der Waals surface area contributed by atoms with Crippen LogP contribution >= 0.6 is 11.6 Å². The minimum atomic E-state index is -0.711. The Kier molecular flexibility index (Phi) is 13.0. The second kappa shape index (κ2) is 18.6. The highest BCUT2D eigenvalue weighted by Gasteiger charge is 2.30. The highest BCUT2D eigenvalue weighted by Crippen LogP contribution is 2.38. The number of allylic oxidation sites excluding steroid dienone is 1. The summed E-state index contributed by atoms with van der Waals surface area (Å²) in [7, 11) is 3.60. The van der Waals surface area contributed by atoms with Gasteiger partial charge in [0.2, 0.25) is 29.6 Å². The molecule has 0 saturated heterocycles. The van der Waals surface area contributed by atoms with E-state index in [0.29, 0.717) is 71.0 Å². The van der Waals surface area contributed by atoms with Gasteiger partial charge in [-0.2, -0.15) is 10.2 Å². The van der Waals surface area contributed by atoms with E-state index in [-0.39, 0.29) is 71.7 Å². The molecule has 1 atom stereocenters. The molecule has 5 heterocycles. The van der Waals surface area contributed by atoms with E-state index in [0.717, 1.165) is 0 Å². The van der Waals surface area contributed by atoms with Crippen LogP contribution in [-0.2, 0) is 24.4 Å². The van der Waals surface area contributed by atoms with Crippen molar-refractivity contribution in [2.75, 3.05) is 51.0 Å². The normalized spacial score (nSPS) is 13.5. The summed E-state index contributed by atoms with van der Waals surface area (Å²) < 4.78 is 19.0. The average Bonchev–Trinajstić information content (AvgIpc) is 3.99. The van der Waals surface area contributed by atoms with Crippen LogP contribution in [0.1, 0.15) is 79.4 Å². The van der Waals surface area contributed by atoms with Gasteiger partial charge in [-0.3, -0.25) is 48.5 Å². The molecule has 64 heavy (non-hydrogen) atoms. The number of likely N-dealkylation sites (N-methyl/N-ethyl adjacent to an activating group) is 1. The monoisotopic (exact) mass is 896 g/mol. The predicted molar refractivity (Wildman–Crippen MR) is 238 cm³/mol. The SMILES string of the molecule is CCn1nc(C)cc1C(=O)Nc1nc2cc(C(N)=O)cc(OCCCNC(=O)CN(C)C)c2n1C/C=C/[C@H]1COc2cc(C(N)=O)cc3nc(NC(=O)c4c(Cl)c(C)nn4CC)n1c23. The maximum atomic E-state index is 13.9. The molecule has 0 spiro atoms. The molecule has 0 fully saturated rings. The van der Waals surface area contributed by atoms with Gasteiger partial charge in [0, 0.05) is 37.3 Å². The number of fused-ring (bicyclic) bond motifs is 1. The van der Waals surface area contributed by atoms with Gasteiger partial charge in [0.25, 0.3) is 11.8 Å². The third kappa shape index (κ3) is 9.11. The first-order chi connectivity index (χ1) is 30.6. The summed E-state index contributed by atoms with van der Waals surface area (Å²) in [6, 6.07) is 7.18. The Morgan fingerprint density at radius 1 is 0.906 bits per heavy atom. The molecule has 22 heteroatoms. The molecule has 0 bridgehead atoms. The van der Waals surface area contributed by atoms with Crippen LogP contribution in [0.4, 0.5) is 11.9 Å². The summed E-state index contributed by atoms with van der Waals surface area (Å²) >= 11 is 6.54. The molecule has 7 rings (SSSR count). The van der Waals surface area contributed by atoms with Crippen molar-refractivity contribution in [3.8, 4) is 11.5 Å². The minimum Gasteiger partial charge on any atom is -0.491 e. The minimum absolute atomic E-state index is 0.0584. The standard InChI is InChI=1S/C42H49ClN14O7/c1-7-55-29(15-22(3)51-55)39(61)49-41-47-27-16-24(37(44)59)18-30(63-14-10-12-46-32(58)20-53(5)6)34(27)54(41)13-9-11-26-21-64-31-19-25(38(45)60)17-28-35(31)57(26)42(48-28)50-40(62)36-33(43)23(4)52-56(36)8-2/h9,11,15-19,26H,7-8,10,12-14,20-21H2,1-6H3,(H2,44,59)(H2,45,60)(H,46,58)(H,47,49,61)(H,48,50,62)/b11-9+/t26-/m0/s1. The van der Waals surface area contributed by atoms with Crippen molar-refractivity contribution in [3.63, 3.8) is 0 Å². The van der Waals surface area contributed by atoms with Gasteiger partial charge < -0.3 is 35.7 Å². The van der Waals surface area contributed by atoms with E-state index in [1.807, 2.05) is 26.0 Å². The maximum absolute atomic E-state index is 13.9. The number of benzene rings is 2. The summed E-state index contributed by atoms with van der Waals surface area (Å²) in [5.41, 5.74) is 14.9. The number of anilines is 2. The fourth-order valence-electron chi connectivity index (χ4n) is 7.45. The van der Waals surface area contributed by atoms with E-state index in [1.54, 1.807) is 52.7 Å². The molecule has 1 aliphatic rings. The lowest BCUT2D eigenvalue weighted by Gasteiger charge is -2.25. The quantitative estimate of drug-likeness (QED) is 0.0614. The van der Waals surface area contributed by atoms with Crippen LogP contribution < -0.4 is 36.9 Å².